The zero-order valence-corrected chi connectivity index (χ0v) is 12.3. The van der Waals surface area contributed by atoms with E-state index in [4.69, 9.17) is 4.74 Å². The second-order valence-corrected chi connectivity index (χ2v) is 4.94. The molecular weight excluding hydrogens is 278 g/mol. The molecule has 1 unspecified atom stereocenters. The van der Waals surface area contributed by atoms with Gasteiger partial charge in [-0.1, -0.05) is 35.0 Å². The molecule has 0 spiro atoms. The van der Waals surface area contributed by atoms with Gasteiger partial charge >= 0.3 is 0 Å². The number of hydrogen-bond donors (Lipinski definition) is 1. The molecule has 0 aliphatic carbocycles. The fourth-order valence-electron chi connectivity index (χ4n) is 1.82. The number of halogens is 1. The highest BCUT2D eigenvalue weighted by atomic mass is 79.9. The molecular formula is C14H22BrNO. The van der Waals surface area contributed by atoms with E-state index in [1.54, 1.807) is 0 Å². The monoisotopic (exact) mass is 299 g/mol. The zero-order chi connectivity index (χ0) is 12.5. The van der Waals surface area contributed by atoms with Gasteiger partial charge in [0.1, 0.15) is 0 Å². The minimum atomic E-state index is 0.439. The lowest BCUT2D eigenvalue weighted by Gasteiger charge is -2.17. The molecule has 1 aromatic rings. The maximum absolute atomic E-state index is 5.33. The Morgan fingerprint density at radius 1 is 1.35 bits per heavy atom. The van der Waals surface area contributed by atoms with E-state index in [0.717, 1.165) is 37.1 Å². The van der Waals surface area contributed by atoms with Gasteiger partial charge in [0.05, 0.1) is 0 Å². The van der Waals surface area contributed by atoms with Gasteiger partial charge in [-0.25, -0.2) is 0 Å². The van der Waals surface area contributed by atoms with Crippen molar-refractivity contribution < 1.29 is 4.74 Å². The first kappa shape index (κ1) is 14.7. The van der Waals surface area contributed by atoms with Crippen LogP contribution in [0.1, 0.15) is 38.3 Å². The summed E-state index contributed by atoms with van der Waals surface area (Å²) in [5.74, 6) is 0. The maximum Gasteiger partial charge on any atom is 0.0477 e. The van der Waals surface area contributed by atoms with E-state index in [-0.39, 0.29) is 0 Å². The van der Waals surface area contributed by atoms with E-state index >= 15 is 0 Å². The molecule has 1 aromatic carbocycles. The molecule has 1 N–H and O–H groups in total. The summed E-state index contributed by atoms with van der Waals surface area (Å²) in [5.41, 5.74) is 1.35. The molecule has 1 rings (SSSR count). The lowest BCUT2D eigenvalue weighted by Crippen LogP contribution is -2.22. The van der Waals surface area contributed by atoms with Crippen molar-refractivity contribution in [3.05, 3.63) is 34.3 Å². The third-order valence-electron chi connectivity index (χ3n) is 2.72. The molecule has 0 radical (unpaired) electrons. The number of rotatable bonds is 8. The molecule has 0 aliphatic heterocycles. The van der Waals surface area contributed by atoms with Crippen LogP contribution in [0.15, 0.2) is 28.7 Å². The first-order valence-corrected chi connectivity index (χ1v) is 7.13. The molecule has 0 aromatic heterocycles. The van der Waals surface area contributed by atoms with Gasteiger partial charge in [-0.2, -0.15) is 0 Å². The number of hydrogen-bond acceptors (Lipinski definition) is 2. The lowest BCUT2D eigenvalue weighted by atomic mass is 10.0. The summed E-state index contributed by atoms with van der Waals surface area (Å²) in [6.07, 6.45) is 2.17. The van der Waals surface area contributed by atoms with Crippen LogP contribution in [0.4, 0.5) is 0 Å². The van der Waals surface area contributed by atoms with Crippen LogP contribution in [-0.2, 0) is 4.74 Å². The average Bonchev–Trinajstić information content (AvgIpc) is 2.34. The first-order chi connectivity index (χ1) is 8.27. The molecule has 3 heteroatoms. The SMILES string of the molecule is CCOCCCNC(CC)c1cccc(Br)c1. The van der Waals surface area contributed by atoms with Gasteiger partial charge in [0.2, 0.25) is 0 Å². The van der Waals surface area contributed by atoms with Crippen LogP contribution in [0.5, 0.6) is 0 Å². The molecule has 0 saturated heterocycles. The Hall–Kier alpha value is -0.380. The molecule has 17 heavy (non-hydrogen) atoms. The molecule has 0 fully saturated rings. The van der Waals surface area contributed by atoms with Crippen molar-refractivity contribution in [2.24, 2.45) is 0 Å². The molecule has 0 bridgehead atoms. The Bertz CT molecular complexity index is 317. The first-order valence-electron chi connectivity index (χ1n) is 6.34. The fourth-order valence-corrected chi connectivity index (χ4v) is 2.23. The van der Waals surface area contributed by atoms with Gasteiger partial charge < -0.3 is 10.1 Å². The van der Waals surface area contributed by atoms with Crippen molar-refractivity contribution in [2.75, 3.05) is 19.8 Å². The Morgan fingerprint density at radius 2 is 2.18 bits per heavy atom. The van der Waals surface area contributed by atoms with E-state index in [0.29, 0.717) is 6.04 Å². The van der Waals surface area contributed by atoms with E-state index < -0.39 is 0 Å². The van der Waals surface area contributed by atoms with Crippen LogP contribution in [0.25, 0.3) is 0 Å². The van der Waals surface area contributed by atoms with E-state index in [9.17, 15) is 0 Å². The van der Waals surface area contributed by atoms with E-state index in [2.05, 4.69) is 52.4 Å². The van der Waals surface area contributed by atoms with Gasteiger partial charge in [0, 0.05) is 23.7 Å². The molecule has 2 nitrogen and oxygen atoms in total. The topological polar surface area (TPSA) is 21.3 Å². The molecule has 1 atom stereocenters. The quantitative estimate of drug-likeness (QED) is 0.735. The molecule has 0 heterocycles. The number of ether oxygens (including phenoxy) is 1. The molecule has 96 valence electrons. The van der Waals surface area contributed by atoms with Crippen LogP contribution in [-0.4, -0.2) is 19.8 Å². The minimum absolute atomic E-state index is 0.439. The zero-order valence-electron chi connectivity index (χ0n) is 10.7. The standard InChI is InChI=1S/C14H22BrNO/c1-3-14(16-9-6-10-17-4-2)12-7-5-8-13(15)11-12/h5,7-8,11,14,16H,3-4,6,9-10H2,1-2H3. The Labute approximate surface area is 113 Å². The van der Waals surface area contributed by atoms with Crippen LogP contribution >= 0.6 is 15.9 Å². The Morgan fingerprint density at radius 3 is 2.82 bits per heavy atom. The lowest BCUT2D eigenvalue weighted by molar-refractivity contribution is 0.144. The summed E-state index contributed by atoms with van der Waals surface area (Å²) < 4.78 is 6.47. The largest absolute Gasteiger partial charge is 0.382 e. The molecule has 0 amide bonds. The summed E-state index contributed by atoms with van der Waals surface area (Å²) in [4.78, 5) is 0. The van der Waals surface area contributed by atoms with Crippen LogP contribution in [0, 0.1) is 0 Å². The molecule has 0 aliphatic rings. The van der Waals surface area contributed by atoms with Gasteiger partial charge in [-0.15, -0.1) is 0 Å². The van der Waals surface area contributed by atoms with Gasteiger partial charge in [-0.05, 0) is 44.0 Å². The Balaban J connectivity index is 2.38. The summed E-state index contributed by atoms with van der Waals surface area (Å²) in [6, 6.07) is 8.95. The number of benzene rings is 1. The van der Waals surface area contributed by atoms with Crippen molar-refractivity contribution in [3.63, 3.8) is 0 Å². The third-order valence-corrected chi connectivity index (χ3v) is 3.21. The van der Waals surface area contributed by atoms with Crippen LogP contribution in [0.2, 0.25) is 0 Å². The third kappa shape index (κ3) is 5.66. The van der Waals surface area contributed by atoms with Crippen molar-refractivity contribution in [1.82, 2.24) is 5.32 Å². The minimum Gasteiger partial charge on any atom is -0.382 e. The fraction of sp³-hybridized carbons (Fsp3) is 0.571. The molecule has 0 saturated carbocycles. The normalized spacial score (nSPS) is 12.6. The number of nitrogens with one attached hydrogen (secondary N) is 1. The smallest absolute Gasteiger partial charge is 0.0477 e. The summed E-state index contributed by atoms with van der Waals surface area (Å²) in [6.45, 7) is 6.90. The summed E-state index contributed by atoms with van der Waals surface area (Å²) in [7, 11) is 0. The van der Waals surface area contributed by atoms with Crippen LogP contribution in [0.3, 0.4) is 0 Å². The highest BCUT2D eigenvalue weighted by Gasteiger charge is 2.07. The average molecular weight is 300 g/mol. The van der Waals surface area contributed by atoms with Gasteiger partial charge in [0.25, 0.3) is 0 Å². The van der Waals surface area contributed by atoms with Crippen molar-refractivity contribution in [1.29, 1.82) is 0 Å². The van der Waals surface area contributed by atoms with Crippen molar-refractivity contribution in [2.45, 2.75) is 32.7 Å². The summed E-state index contributed by atoms with van der Waals surface area (Å²) in [5, 5.41) is 3.57. The summed E-state index contributed by atoms with van der Waals surface area (Å²) >= 11 is 3.51. The van der Waals surface area contributed by atoms with Gasteiger partial charge in [-0.3, -0.25) is 0 Å². The van der Waals surface area contributed by atoms with Crippen molar-refractivity contribution in [3.8, 4) is 0 Å². The predicted octanol–water partition coefficient (Wildman–Crippen LogP) is 3.92. The van der Waals surface area contributed by atoms with Gasteiger partial charge in [0.15, 0.2) is 0 Å². The highest BCUT2D eigenvalue weighted by molar-refractivity contribution is 9.10. The van der Waals surface area contributed by atoms with Crippen LogP contribution < -0.4 is 5.32 Å². The second kappa shape index (κ2) is 8.67. The highest BCUT2D eigenvalue weighted by Crippen LogP contribution is 2.20. The predicted molar refractivity (Wildman–Crippen MR) is 76.3 cm³/mol. The van der Waals surface area contributed by atoms with Crippen molar-refractivity contribution >= 4 is 15.9 Å². The second-order valence-electron chi connectivity index (χ2n) is 4.02. The van der Waals surface area contributed by atoms with E-state index in [1.165, 1.54) is 5.56 Å². The Kier molecular flexibility index (Phi) is 7.49. The maximum atomic E-state index is 5.33. The van der Waals surface area contributed by atoms with E-state index in [1.807, 2.05) is 6.92 Å².